The molecule has 0 unspecified atom stereocenters. The van der Waals surface area contributed by atoms with E-state index in [1.807, 2.05) is 6.92 Å². The first-order valence-corrected chi connectivity index (χ1v) is 8.09. The number of benzene rings is 2. The normalized spacial score (nSPS) is 11.1. The Morgan fingerprint density at radius 3 is 2.43 bits per heavy atom. The number of nitrogen functional groups attached to an aromatic ring is 1. The van der Waals surface area contributed by atoms with Gasteiger partial charge < -0.3 is 10.5 Å². The smallest absolute Gasteiger partial charge is 0.261 e. The van der Waals surface area contributed by atoms with E-state index in [4.69, 9.17) is 22.1 Å². The summed E-state index contributed by atoms with van der Waals surface area (Å²) in [6.07, 6.45) is 0. The maximum Gasteiger partial charge on any atom is 0.261 e. The fraction of sp³-hybridized carbons (Fsp3) is 0.143. The average Bonchev–Trinajstić information content (AvgIpc) is 2.44. The average molecular weight is 327 g/mol. The predicted octanol–water partition coefficient (Wildman–Crippen LogP) is 3.12. The Morgan fingerprint density at radius 2 is 1.86 bits per heavy atom. The Morgan fingerprint density at radius 1 is 1.19 bits per heavy atom. The number of nitrogens with one attached hydrogen (secondary N) is 1. The maximum absolute atomic E-state index is 12.2. The summed E-state index contributed by atoms with van der Waals surface area (Å²) < 4.78 is 32.2. The Hall–Kier alpha value is -1.92. The molecule has 0 radical (unpaired) electrons. The van der Waals surface area contributed by atoms with Crippen LogP contribution in [-0.4, -0.2) is 15.0 Å². The van der Waals surface area contributed by atoms with Crippen molar-refractivity contribution in [2.45, 2.75) is 11.8 Å². The van der Waals surface area contributed by atoms with Gasteiger partial charge in [0.25, 0.3) is 10.0 Å². The Labute approximate surface area is 128 Å². The number of hydrogen-bond acceptors (Lipinski definition) is 4. The van der Waals surface area contributed by atoms with Crippen LogP contribution >= 0.6 is 11.6 Å². The van der Waals surface area contributed by atoms with Crippen LogP contribution in [-0.2, 0) is 10.0 Å². The van der Waals surface area contributed by atoms with Crippen LogP contribution < -0.4 is 15.2 Å². The van der Waals surface area contributed by atoms with E-state index in [9.17, 15) is 8.42 Å². The third-order valence-electron chi connectivity index (χ3n) is 2.70. The molecule has 0 aliphatic rings. The molecule has 0 amide bonds. The molecule has 0 aliphatic heterocycles. The van der Waals surface area contributed by atoms with Gasteiger partial charge in [-0.3, -0.25) is 4.72 Å². The lowest BCUT2D eigenvalue weighted by Gasteiger charge is -2.10. The van der Waals surface area contributed by atoms with Crippen molar-refractivity contribution in [1.29, 1.82) is 0 Å². The van der Waals surface area contributed by atoms with Crippen molar-refractivity contribution in [3.05, 3.63) is 47.5 Å². The van der Waals surface area contributed by atoms with E-state index in [0.717, 1.165) is 0 Å². The molecule has 5 nitrogen and oxygen atoms in total. The molecule has 21 heavy (non-hydrogen) atoms. The van der Waals surface area contributed by atoms with Crippen molar-refractivity contribution in [1.82, 2.24) is 0 Å². The fourth-order valence-electron chi connectivity index (χ4n) is 1.67. The summed E-state index contributed by atoms with van der Waals surface area (Å²) in [5.41, 5.74) is 6.34. The van der Waals surface area contributed by atoms with Gasteiger partial charge in [0.2, 0.25) is 0 Å². The molecule has 0 fully saturated rings. The van der Waals surface area contributed by atoms with Crippen molar-refractivity contribution in [3.8, 4) is 5.75 Å². The summed E-state index contributed by atoms with van der Waals surface area (Å²) in [6, 6.07) is 10.8. The zero-order valence-corrected chi connectivity index (χ0v) is 12.9. The van der Waals surface area contributed by atoms with E-state index in [0.29, 0.717) is 23.7 Å². The number of halogens is 1. The van der Waals surface area contributed by atoms with Gasteiger partial charge in [0.15, 0.2) is 0 Å². The molecule has 0 atom stereocenters. The topological polar surface area (TPSA) is 81.4 Å². The lowest BCUT2D eigenvalue weighted by atomic mass is 10.3. The zero-order chi connectivity index (χ0) is 15.5. The number of hydrogen-bond donors (Lipinski definition) is 2. The zero-order valence-electron chi connectivity index (χ0n) is 11.3. The van der Waals surface area contributed by atoms with Crippen molar-refractivity contribution < 1.29 is 13.2 Å². The number of nitrogens with two attached hydrogens (primary N) is 1. The maximum atomic E-state index is 12.2. The van der Waals surface area contributed by atoms with Crippen LogP contribution in [0.2, 0.25) is 5.02 Å². The van der Waals surface area contributed by atoms with E-state index in [1.165, 1.54) is 18.2 Å². The van der Waals surface area contributed by atoms with Crippen LogP contribution in [0.15, 0.2) is 47.4 Å². The second kappa shape index (κ2) is 6.24. The van der Waals surface area contributed by atoms with Crippen LogP contribution in [0.4, 0.5) is 11.4 Å². The fourth-order valence-corrected chi connectivity index (χ4v) is 3.00. The van der Waals surface area contributed by atoms with Gasteiger partial charge >= 0.3 is 0 Å². The Kier molecular flexibility index (Phi) is 4.59. The second-order valence-electron chi connectivity index (χ2n) is 4.25. The summed E-state index contributed by atoms with van der Waals surface area (Å²) in [7, 11) is -3.71. The van der Waals surface area contributed by atoms with E-state index < -0.39 is 10.0 Å². The highest BCUT2D eigenvalue weighted by Gasteiger charge is 2.15. The number of ether oxygens (including phenoxy) is 1. The van der Waals surface area contributed by atoms with Gasteiger partial charge in [-0.05, 0) is 49.4 Å². The highest BCUT2D eigenvalue weighted by Crippen LogP contribution is 2.24. The summed E-state index contributed by atoms with van der Waals surface area (Å²) in [6.45, 7) is 2.43. The molecule has 2 aromatic rings. The first-order valence-electron chi connectivity index (χ1n) is 6.23. The van der Waals surface area contributed by atoms with Crippen molar-refractivity contribution in [3.63, 3.8) is 0 Å². The molecular formula is C14H15ClN2O3S. The van der Waals surface area contributed by atoms with Gasteiger partial charge in [0.1, 0.15) is 5.75 Å². The quantitative estimate of drug-likeness (QED) is 0.827. The SMILES string of the molecule is CCOc1ccc(NS(=O)(=O)c2ccc(N)c(Cl)c2)cc1. The molecule has 0 aliphatic carbocycles. The lowest BCUT2D eigenvalue weighted by Crippen LogP contribution is -2.13. The third-order valence-corrected chi connectivity index (χ3v) is 4.41. The van der Waals surface area contributed by atoms with Crippen LogP contribution in [0, 0.1) is 0 Å². The first-order chi connectivity index (χ1) is 9.92. The molecule has 0 spiro atoms. The summed E-state index contributed by atoms with van der Waals surface area (Å²) >= 11 is 5.84. The third kappa shape index (κ3) is 3.80. The highest BCUT2D eigenvalue weighted by atomic mass is 35.5. The van der Waals surface area contributed by atoms with Crippen molar-refractivity contribution in [2.24, 2.45) is 0 Å². The van der Waals surface area contributed by atoms with Crippen LogP contribution in [0.3, 0.4) is 0 Å². The van der Waals surface area contributed by atoms with Gasteiger partial charge in [0.05, 0.1) is 22.2 Å². The van der Waals surface area contributed by atoms with Gasteiger partial charge in [0, 0.05) is 5.69 Å². The molecule has 0 saturated carbocycles. The summed E-state index contributed by atoms with van der Waals surface area (Å²) in [5, 5.41) is 0.199. The second-order valence-corrected chi connectivity index (χ2v) is 6.34. The monoisotopic (exact) mass is 326 g/mol. The summed E-state index contributed by atoms with van der Waals surface area (Å²) in [5.74, 6) is 0.677. The Bertz CT molecular complexity index is 730. The number of rotatable bonds is 5. The largest absolute Gasteiger partial charge is 0.494 e. The standard InChI is InChI=1S/C14H15ClN2O3S/c1-2-20-11-5-3-10(4-6-11)17-21(18,19)12-7-8-14(16)13(15)9-12/h3-9,17H,2,16H2,1H3. The van der Waals surface area contributed by atoms with E-state index in [1.54, 1.807) is 24.3 Å². The highest BCUT2D eigenvalue weighted by molar-refractivity contribution is 7.92. The number of anilines is 2. The van der Waals surface area contributed by atoms with E-state index in [-0.39, 0.29) is 9.92 Å². The molecule has 2 aromatic carbocycles. The van der Waals surface area contributed by atoms with Gasteiger partial charge in [-0.2, -0.15) is 0 Å². The molecule has 0 bridgehead atoms. The van der Waals surface area contributed by atoms with E-state index >= 15 is 0 Å². The van der Waals surface area contributed by atoms with E-state index in [2.05, 4.69) is 4.72 Å². The summed E-state index contributed by atoms with van der Waals surface area (Å²) in [4.78, 5) is 0.0515. The van der Waals surface area contributed by atoms with Crippen molar-refractivity contribution >= 4 is 33.0 Å². The molecule has 0 heterocycles. The van der Waals surface area contributed by atoms with Gasteiger partial charge in [-0.1, -0.05) is 11.6 Å². The molecule has 0 aromatic heterocycles. The van der Waals surface area contributed by atoms with Crippen LogP contribution in [0.1, 0.15) is 6.92 Å². The first kappa shape index (κ1) is 15.5. The lowest BCUT2D eigenvalue weighted by molar-refractivity contribution is 0.340. The van der Waals surface area contributed by atoms with Crippen molar-refractivity contribution in [2.75, 3.05) is 17.1 Å². The minimum absolute atomic E-state index is 0.0515. The van der Waals surface area contributed by atoms with Crippen LogP contribution in [0.25, 0.3) is 0 Å². The minimum Gasteiger partial charge on any atom is -0.494 e. The van der Waals surface area contributed by atoms with Crippen LogP contribution in [0.5, 0.6) is 5.75 Å². The molecule has 0 saturated heterocycles. The van der Waals surface area contributed by atoms with Gasteiger partial charge in [-0.25, -0.2) is 8.42 Å². The minimum atomic E-state index is -3.71. The Balaban J connectivity index is 2.22. The molecule has 7 heteroatoms. The molecule has 112 valence electrons. The van der Waals surface area contributed by atoms with Gasteiger partial charge in [-0.15, -0.1) is 0 Å². The molecule has 3 N–H and O–H groups in total. The molecule has 2 rings (SSSR count). The molecular weight excluding hydrogens is 312 g/mol. The predicted molar refractivity (Wildman–Crippen MR) is 84.3 cm³/mol. The number of sulfonamides is 1.